The van der Waals surface area contributed by atoms with Crippen molar-refractivity contribution in [2.75, 3.05) is 0 Å². The van der Waals surface area contributed by atoms with Crippen molar-refractivity contribution >= 4 is 39.9 Å². The fraction of sp³-hybridized carbons (Fsp3) is 0.160. The van der Waals surface area contributed by atoms with Crippen LogP contribution in [0.25, 0.3) is 22.0 Å². The molecular weight excluding hydrogens is 394 g/mol. The van der Waals surface area contributed by atoms with Crippen LogP contribution >= 0.6 is 0 Å². The van der Waals surface area contributed by atoms with Gasteiger partial charge in [0.15, 0.2) is 5.78 Å². The van der Waals surface area contributed by atoms with Gasteiger partial charge < -0.3 is 9.47 Å². The van der Waals surface area contributed by atoms with Crippen LogP contribution in [0.2, 0.25) is 0 Å². The van der Waals surface area contributed by atoms with Crippen molar-refractivity contribution in [3.05, 3.63) is 83.3 Å². The number of ketones is 1. The van der Waals surface area contributed by atoms with Gasteiger partial charge in [0.1, 0.15) is 11.4 Å². The molecule has 0 bridgehead atoms. The number of allylic oxidation sites excluding steroid dienone is 2. The molecule has 0 unspecified atom stereocenters. The highest BCUT2D eigenvalue weighted by Gasteiger charge is 2.38. The van der Waals surface area contributed by atoms with Gasteiger partial charge in [-0.25, -0.2) is 9.59 Å². The molecular formula is C25H19NO5. The van der Waals surface area contributed by atoms with E-state index < -0.39 is 17.7 Å². The molecule has 0 radical (unpaired) electrons. The van der Waals surface area contributed by atoms with Gasteiger partial charge in [0.05, 0.1) is 11.1 Å². The number of carbonyl (C=O) groups excluding carboxylic acids is 3. The summed E-state index contributed by atoms with van der Waals surface area (Å²) < 4.78 is 12.4. The summed E-state index contributed by atoms with van der Waals surface area (Å²) in [5, 5.41) is 0.712. The molecule has 2 heterocycles. The van der Waals surface area contributed by atoms with Crippen molar-refractivity contribution in [3.63, 3.8) is 0 Å². The highest BCUT2D eigenvalue weighted by molar-refractivity contribution is 6.35. The molecule has 2 aromatic carbocycles. The molecule has 6 nitrogen and oxygen atoms in total. The van der Waals surface area contributed by atoms with Gasteiger partial charge in [0, 0.05) is 34.4 Å². The van der Waals surface area contributed by atoms with Crippen molar-refractivity contribution < 1.29 is 23.9 Å². The second kappa shape index (κ2) is 6.54. The Morgan fingerprint density at radius 3 is 2.32 bits per heavy atom. The Labute approximate surface area is 178 Å². The van der Waals surface area contributed by atoms with Gasteiger partial charge in [-0.15, -0.1) is 0 Å². The van der Waals surface area contributed by atoms with E-state index in [1.54, 1.807) is 51.2 Å². The van der Waals surface area contributed by atoms with Crippen molar-refractivity contribution in [2.45, 2.75) is 26.4 Å². The number of rotatable bonds is 1. The van der Waals surface area contributed by atoms with Gasteiger partial charge in [0.25, 0.3) is 0 Å². The number of fused-ring (bicyclic) bond motifs is 4. The summed E-state index contributed by atoms with van der Waals surface area (Å²) in [7, 11) is 0. The van der Waals surface area contributed by atoms with E-state index in [1.807, 2.05) is 24.3 Å². The molecule has 154 valence electrons. The molecule has 1 aromatic heterocycles. The average molecular weight is 413 g/mol. The third kappa shape index (κ3) is 2.99. The number of nitrogens with zero attached hydrogens (tertiary/aromatic N) is 1. The summed E-state index contributed by atoms with van der Waals surface area (Å²) >= 11 is 0. The van der Waals surface area contributed by atoms with E-state index in [0.717, 1.165) is 0 Å². The Bertz CT molecular complexity index is 1360. The first-order chi connectivity index (χ1) is 14.7. The molecule has 0 N–H and O–H groups in total. The third-order valence-corrected chi connectivity index (χ3v) is 5.20. The summed E-state index contributed by atoms with van der Waals surface area (Å²) in [6.07, 6.45) is 2.40. The van der Waals surface area contributed by atoms with Gasteiger partial charge in [-0.05, 0) is 32.4 Å². The molecule has 1 aliphatic carbocycles. The van der Waals surface area contributed by atoms with E-state index in [0.29, 0.717) is 38.7 Å². The zero-order valence-corrected chi connectivity index (χ0v) is 17.3. The average Bonchev–Trinajstić information content (AvgIpc) is 3.24. The Hall–Kier alpha value is -3.93. The minimum atomic E-state index is -0.671. The van der Waals surface area contributed by atoms with Crippen molar-refractivity contribution in [1.82, 2.24) is 4.57 Å². The fourth-order valence-corrected chi connectivity index (χ4v) is 3.99. The Kier molecular flexibility index (Phi) is 4.02. The quantitative estimate of drug-likeness (QED) is 0.527. The Morgan fingerprint density at radius 1 is 0.903 bits per heavy atom. The number of benzene rings is 2. The molecule has 31 heavy (non-hydrogen) atoms. The molecule has 0 spiro atoms. The first-order valence-corrected chi connectivity index (χ1v) is 9.91. The number of ether oxygens (including phenoxy) is 2. The summed E-state index contributed by atoms with van der Waals surface area (Å²) in [4.78, 5) is 38.3. The van der Waals surface area contributed by atoms with Crippen LogP contribution in [0.1, 0.15) is 42.3 Å². The number of para-hydroxylation sites is 1. The predicted molar refractivity (Wildman–Crippen MR) is 115 cm³/mol. The van der Waals surface area contributed by atoms with Crippen LogP contribution in [-0.4, -0.2) is 28.0 Å². The van der Waals surface area contributed by atoms with Gasteiger partial charge in [-0.3, -0.25) is 9.36 Å². The smallest absolute Gasteiger partial charge is 0.419 e. The lowest BCUT2D eigenvalue weighted by molar-refractivity contribution is -0.131. The molecule has 3 aromatic rings. The minimum Gasteiger partial charge on any atom is -0.443 e. The first-order valence-electron chi connectivity index (χ1n) is 9.91. The van der Waals surface area contributed by atoms with Crippen molar-refractivity contribution in [2.24, 2.45) is 0 Å². The number of carbonyl (C=O) groups is 3. The Balaban J connectivity index is 1.78. The molecule has 0 fully saturated rings. The standard InChI is InChI=1S/C25H19NO5/c1-25(2,3)31-24(29)26-13-17(14-8-6-7-11-18(14)26)22-21-16-10-5-4-9-15(16)19(27)12-20(21)30-23(22)28/h4-13H,1-3H3. The van der Waals surface area contributed by atoms with E-state index in [4.69, 9.17) is 9.47 Å². The monoisotopic (exact) mass is 413 g/mol. The summed E-state index contributed by atoms with van der Waals surface area (Å²) in [5.74, 6) is -0.532. The molecule has 0 saturated heterocycles. The summed E-state index contributed by atoms with van der Waals surface area (Å²) in [6, 6.07) is 14.4. The maximum absolute atomic E-state index is 13.0. The number of esters is 1. The second-order valence-corrected chi connectivity index (χ2v) is 8.47. The zero-order chi connectivity index (χ0) is 21.9. The van der Waals surface area contributed by atoms with Crippen LogP contribution in [0, 0.1) is 0 Å². The van der Waals surface area contributed by atoms with E-state index in [-0.39, 0.29) is 11.5 Å². The lowest BCUT2D eigenvalue weighted by Gasteiger charge is -2.19. The SMILES string of the molecule is CC(C)(C)OC(=O)n1cc(C2=C3C(=CC(=O)c4ccccc43)OC2=O)c2ccccc21. The molecule has 6 heteroatoms. The van der Waals surface area contributed by atoms with Crippen LogP contribution in [0.5, 0.6) is 0 Å². The van der Waals surface area contributed by atoms with E-state index in [1.165, 1.54) is 10.6 Å². The van der Waals surface area contributed by atoms with Gasteiger partial charge in [0.2, 0.25) is 0 Å². The molecule has 0 atom stereocenters. The minimum absolute atomic E-state index is 0.209. The van der Waals surface area contributed by atoms with E-state index >= 15 is 0 Å². The molecule has 0 saturated carbocycles. The zero-order valence-electron chi connectivity index (χ0n) is 17.3. The highest BCUT2D eigenvalue weighted by atomic mass is 16.6. The maximum atomic E-state index is 13.0. The number of aromatic nitrogens is 1. The van der Waals surface area contributed by atoms with Gasteiger partial charge in [-0.2, -0.15) is 0 Å². The maximum Gasteiger partial charge on any atom is 0.419 e. The van der Waals surface area contributed by atoms with Crippen LogP contribution in [0.3, 0.4) is 0 Å². The Morgan fingerprint density at radius 2 is 1.58 bits per heavy atom. The highest BCUT2D eigenvalue weighted by Crippen LogP contribution is 2.45. The normalized spacial score (nSPS) is 15.5. The molecule has 0 amide bonds. The third-order valence-electron chi connectivity index (χ3n) is 5.20. The van der Waals surface area contributed by atoms with E-state index in [9.17, 15) is 14.4 Å². The van der Waals surface area contributed by atoms with Gasteiger partial charge in [-0.1, -0.05) is 42.5 Å². The predicted octanol–water partition coefficient (Wildman–Crippen LogP) is 4.97. The van der Waals surface area contributed by atoms with Crippen LogP contribution in [0.4, 0.5) is 4.79 Å². The lowest BCUT2D eigenvalue weighted by atomic mass is 9.87. The van der Waals surface area contributed by atoms with Crippen molar-refractivity contribution in [3.8, 4) is 0 Å². The van der Waals surface area contributed by atoms with Crippen LogP contribution in [-0.2, 0) is 14.3 Å². The molecule has 2 aliphatic rings. The van der Waals surface area contributed by atoms with Crippen LogP contribution < -0.4 is 0 Å². The molecule has 1 aliphatic heterocycles. The summed E-state index contributed by atoms with van der Waals surface area (Å²) in [5.41, 5.74) is 2.53. The largest absolute Gasteiger partial charge is 0.443 e. The fourth-order valence-electron chi connectivity index (χ4n) is 3.99. The first kappa shape index (κ1) is 19.1. The second-order valence-electron chi connectivity index (χ2n) is 8.47. The van der Waals surface area contributed by atoms with Gasteiger partial charge >= 0.3 is 12.1 Å². The van der Waals surface area contributed by atoms with E-state index in [2.05, 4.69) is 0 Å². The number of hydrogen-bond acceptors (Lipinski definition) is 5. The topological polar surface area (TPSA) is 74.6 Å². The number of hydrogen-bond donors (Lipinski definition) is 0. The van der Waals surface area contributed by atoms with Crippen LogP contribution in [0.15, 0.2) is 66.6 Å². The lowest BCUT2D eigenvalue weighted by Crippen LogP contribution is -2.26. The molecule has 5 rings (SSSR count). The summed E-state index contributed by atoms with van der Waals surface area (Å²) in [6.45, 7) is 5.39. The van der Waals surface area contributed by atoms with Crippen molar-refractivity contribution in [1.29, 1.82) is 0 Å².